The van der Waals surface area contributed by atoms with Gasteiger partial charge in [0.15, 0.2) is 0 Å². The first kappa shape index (κ1) is 44.5. The largest absolute Gasteiger partial charge is 0.311 e. The van der Waals surface area contributed by atoms with Gasteiger partial charge in [-0.1, -0.05) is 179 Å². The summed E-state index contributed by atoms with van der Waals surface area (Å²) in [5.74, 6) is 0. The molecule has 0 saturated carbocycles. The molecule has 0 saturated heterocycles. The molecule has 0 unspecified atom stereocenters. The number of fused-ring (bicyclic) bond motifs is 7. The van der Waals surface area contributed by atoms with Crippen LogP contribution in [0.3, 0.4) is 0 Å². The first-order chi connectivity index (χ1) is 32.0. The van der Waals surface area contributed by atoms with E-state index in [4.69, 9.17) is 0 Å². The molecule has 0 N–H and O–H groups in total. The number of nitrogens with zero attached hydrogens (tertiary/aromatic N) is 2. The van der Waals surface area contributed by atoms with Gasteiger partial charge in [-0.05, 0) is 139 Å². The highest BCUT2D eigenvalue weighted by atomic mass is 32.1. The predicted molar refractivity (Wildman–Crippen MR) is 296 cm³/mol. The van der Waals surface area contributed by atoms with Crippen molar-refractivity contribution < 1.29 is 0 Å². The maximum Gasteiger partial charge on any atom is 0.252 e. The van der Waals surface area contributed by atoms with E-state index >= 15 is 0 Å². The van der Waals surface area contributed by atoms with Crippen LogP contribution >= 0.6 is 11.3 Å². The van der Waals surface area contributed by atoms with Gasteiger partial charge in [0.25, 0.3) is 6.71 Å². The van der Waals surface area contributed by atoms with E-state index < -0.39 is 0 Å². The average molecular weight is 891 g/mol. The molecule has 2 nitrogen and oxygen atoms in total. The van der Waals surface area contributed by atoms with Gasteiger partial charge in [0.05, 0.1) is 5.69 Å². The second kappa shape index (κ2) is 16.5. The van der Waals surface area contributed by atoms with E-state index in [0.29, 0.717) is 0 Å². The summed E-state index contributed by atoms with van der Waals surface area (Å²) in [5, 5.41) is 2.66. The summed E-state index contributed by atoms with van der Waals surface area (Å²) in [6.45, 7) is 27.3. The third kappa shape index (κ3) is 7.68. The molecule has 4 heteroatoms. The van der Waals surface area contributed by atoms with E-state index in [1.165, 1.54) is 110 Å². The Morgan fingerprint density at radius 3 is 1.52 bits per heavy atom. The first-order valence-corrected chi connectivity index (χ1v) is 25.1. The maximum absolute atomic E-state index is 2.60. The Kier molecular flexibility index (Phi) is 10.9. The molecule has 8 aromatic carbocycles. The van der Waals surface area contributed by atoms with E-state index in [9.17, 15) is 0 Å². The van der Waals surface area contributed by atoms with Crippen molar-refractivity contribution in [1.29, 1.82) is 0 Å². The minimum absolute atomic E-state index is 0.00699. The molecule has 9 aromatic rings. The van der Waals surface area contributed by atoms with Crippen LogP contribution in [0.2, 0.25) is 0 Å². The van der Waals surface area contributed by atoms with Crippen LogP contribution in [0.1, 0.15) is 98.4 Å². The van der Waals surface area contributed by atoms with E-state index in [-0.39, 0.29) is 23.0 Å². The molecule has 334 valence electrons. The molecule has 1 aromatic heterocycles. The molecule has 0 fully saturated rings. The van der Waals surface area contributed by atoms with E-state index in [1.54, 1.807) is 0 Å². The molecule has 0 bridgehead atoms. The number of hydrogen-bond acceptors (Lipinski definition) is 3. The van der Waals surface area contributed by atoms with Crippen LogP contribution in [0.15, 0.2) is 164 Å². The van der Waals surface area contributed by atoms with Gasteiger partial charge in [0.2, 0.25) is 0 Å². The number of thiophene rings is 1. The van der Waals surface area contributed by atoms with Crippen LogP contribution in [0.25, 0.3) is 42.4 Å². The third-order valence-electron chi connectivity index (χ3n) is 14.0. The number of aryl methyl sites for hydroxylation is 1. The zero-order valence-electron chi connectivity index (χ0n) is 41.5. The summed E-state index contributed by atoms with van der Waals surface area (Å²) in [6, 6.07) is 62.7. The average Bonchev–Trinajstić information content (AvgIpc) is 3.69. The maximum atomic E-state index is 2.60. The van der Waals surface area contributed by atoms with Crippen molar-refractivity contribution in [3.8, 4) is 22.3 Å². The molecular weight excluding hydrogens is 828 g/mol. The number of benzene rings is 8. The molecule has 0 aliphatic carbocycles. The van der Waals surface area contributed by atoms with Crippen molar-refractivity contribution in [1.82, 2.24) is 0 Å². The van der Waals surface area contributed by atoms with Crippen molar-refractivity contribution in [2.75, 3.05) is 9.80 Å². The van der Waals surface area contributed by atoms with Crippen LogP contribution in [-0.4, -0.2) is 6.71 Å². The summed E-state index contributed by atoms with van der Waals surface area (Å²) in [7, 11) is 0. The van der Waals surface area contributed by atoms with E-state index in [2.05, 4.69) is 243 Å². The molecule has 2 aliphatic heterocycles. The molecule has 67 heavy (non-hydrogen) atoms. The smallest absolute Gasteiger partial charge is 0.252 e. The lowest BCUT2D eigenvalue weighted by atomic mass is 9.33. The standard InChI is InChI=1S/C61H57BN2S.C2H6/c1-38-32-54-58-55(33-38)64(51-29-23-42(59(2,3)4)35-48(51)40-16-12-11-13-17-40)53-31-25-44(61(8,9)10)37-50(53)62(58)49-36-43(60(5,6)7)24-30-52(49)63(54)45-26-20-39(21-27-45)41-22-28-47-46-18-14-15-19-56(46)65-57(47)34-41;1-2/h11-37H,1-10H3;1-2H3. The Morgan fingerprint density at radius 2 is 0.910 bits per heavy atom. The molecule has 0 spiro atoms. The van der Waals surface area contributed by atoms with Gasteiger partial charge in [0.1, 0.15) is 0 Å². The van der Waals surface area contributed by atoms with Gasteiger partial charge in [0, 0.05) is 54.2 Å². The Morgan fingerprint density at radius 1 is 0.403 bits per heavy atom. The molecular formula is C63H63BN2S. The lowest BCUT2D eigenvalue weighted by Gasteiger charge is -2.45. The minimum atomic E-state index is -0.0279. The first-order valence-electron chi connectivity index (χ1n) is 24.3. The Hall–Kier alpha value is -6.36. The van der Waals surface area contributed by atoms with Crippen molar-refractivity contribution in [2.45, 2.75) is 99.3 Å². The van der Waals surface area contributed by atoms with Crippen molar-refractivity contribution >= 4 is 88.7 Å². The highest BCUT2D eigenvalue weighted by molar-refractivity contribution is 7.25. The van der Waals surface area contributed by atoms with Gasteiger partial charge >= 0.3 is 0 Å². The fourth-order valence-corrected chi connectivity index (χ4v) is 11.5. The summed E-state index contributed by atoms with van der Waals surface area (Å²) >= 11 is 1.88. The van der Waals surface area contributed by atoms with Crippen LogP contribution in [0.5, 0.6) is 0 Å². The lowest BCUT2D eigenvalue weighted by Crippen LogP contribution is -2.61. The topological polar surface area (TPSA) is 6.48 Å². The highest BCUT2D eigenvalue weighted by Crippen LogP contribution is 2.49. The van der Waals surface area contributed by atoms with Gasteiger partial charge in [-0.2, -0.15) is 0 Å². The highest BCUT2D eigenvalue weighted by Gasteiger charge is 2.44. The second-order valence-electron chi connectivity index (χ2n) is 21.6. The van der Waals surface area contributed by atoms with Crippen LogP contribution in [0, 0.1) is 6.92 Å². The van der Waals surface area contributed by atoms with Crippen LogP contribution < -0.4 is 26.2 Å². The Bertz CT molecular complexity index is 3340. The fraction of sp³-hybridized carbons (Fsp3) is 0.238. The molecule has 0 radical (unpaired) electrons. The zero-order chi connectivity index (χ0) is 47.2. The van der Waals surface area contributed by atoms with E-state index in [0.717, 1.165) is 5.69 Å². The summed E-state index contributed by atoms with van der Waals surface area (Å²) in [6.07, 6.45) is 0. The zero-order valence-corrected chi connectivity index (χ0v) is 42.3. The van der Waals surface area contributed by atoms with Crippen LogP contribution in [0.4, 0.5) is 34.1 Å². The molecule has 11 rings (SSSR count). The van der Waals surface area contributed by atoms with Crippen LogP contribution in [-0.2, 0) is 16.2 Å². The molecule has 2 aliphatic rings. The monoisotopic (exact) mass is 890 g/mol. The van der Waals surface area contributed by atoms with E-state index in [1.807, 2.05) is 25.2 Å². The number of rotatable bonds is 4. The number of anilines is 6. The quantitative estimate of drug-likeness (QED) is 0.162. The SMILES string of the molecule is CC.Cc1cc2c3c(c1)N(c1ccc(C(C)(C)C)cc1-c1ccccc1)c1ccc(C(C)(C)C)cc1B3c1cc(C(C)(C)C)ccc1N2c1ccc(-c2ccc3c(c2)sc2ccccc23)cc1. The van der Waals surface area contributed by atoms with Gasteiger partial charge in [-0.15, -0.1) is 11.3 Å². The fourth-order valence-electron chi connectivity index (χ4n) is 10.4. The third-order valence-corrected chi connectivity index (χ3v) is 15.1. The minimum Gasteiger partial charge on any atom is -0.311 e. The predicted octanol–water partition coefficient (Wildman–Crippen LogP) is 16.7. The van der Waals surface area contributed by atoms with Gasteiger partial charge < -0.3 is 9.80 Å². The Balaban J connectivity index is 0.00000259. The summed E-state index contributed by atoms with van der Waals surface area (Å²) < 4.78 is 2.66. The Labute approximate surface area is 404 Å². The summed E-state index contributed by atoms with van der Waals surface area (Å²) in [5.41, 5.74) is 21.5. The van der Waals surface area contributed by atoms with Crippen molar-refractivity contribution in [3.05, 3.63) is 186 Å². The van der Waals surface area contributed by atoms with Gasteiger partial charge in [-0.3, -0.25) is 0 Å². The summed E-state index contributed by atoms with van der Waals surface area (Å²) in [4.78, 5) is 5.16. The lowest BCUT2D eigenvalue weighted by molar-refractivity contribution is 0.590. The normalized spacial score (nSPS) is 13.3. The molecule has 3 heterocycles. The van der Waals surface area contributed by atoms with Gasteiger partial charge in [-0.25, -0.2) is 0 Å². The van der Waals surface area contributed by atoms with Crippen molar-refractivity contribution in [2.24, 2.45) is 0 Å². The number of hydrogen-bond donors (Lipinski definition) is 0. The molecule has 0 amide bonds. The van der Waals surface area contributed by atoms with Crippen molar-refractivity contribution in [3.63, 3.8) is 0 Å². The molecule has 0 atom stereocenters. The second-order valence-corrected chi connectivity index (χ2v) is 22.7.